The maximum atomic E-state index is 11.8. The highest BCUT2D eigenvalue weighted by molar-refractivity contribution is 7.91. The Bertz CT molecular complexity index is 748. The summed E-state index contributed by atoms with van der Waals surface area (Å²) < 4.78 is 47.0. The van der Waals surface area contributed by atoms with Gasteiger partial charge in [0.15, 0.2) is 19.7 Å². The van der Waals surface area contributed by atoms with Gasteiger partial charge in [-0.05, 0) is 11.6 Å². The van der Waals surface area contributed by atoms with E-state index in [4.69, 9.17) is 34.8 Å². The molecule has 0 unspecified atom stereocenters. The monoisotopic (exact) mass is 453 g/mol. The average molecular weight is 455 g/mol. The molecule has 14 heteroatoms. The van der Waals surface area contributed by atoms with Gasteiger partial charge in [-0.15, -0.1) is 23.2 Å². The van der Waals surface area contributed by atoms with Crippen LogP contribution in [0.1, 0.15) is 0 Å². The van der Waals surface area contributed by atoms with Crippen molar-refractivity contribution >= 4 is 60.4 Å². The van der Waals surface area contributed by atoms with Crippen LogP contribution in [0.3, 0.4) is 0 Å². The first-order valence-electron chi connectivity index (χ1n) is 7.07. The van der Waals surface area contributed by atoms with Crippen molar-refractivity contribution < 1.29 is 16.8 Å². The van der Waals surface area contributed by atoms with Crippen LogP contribution in [-0.4, -0.2) is 79.6 Å². The molecule has 1 heterocycles. The number of nitrogens with one attached hydrogen (secondary N) is 1. The first-order valence-corrected chi connectivity index (χ1v) is 12.2. The zero-order valence-corrected chi connectivity index (χ0v) is 17.0. The third-order valence-corrected chi connectivity index (χ3v) is 7.18. The van der Waals surface area contributed by atoms with Gasteiger partial charge in [-0.1, -0.05) is 0 Å². The molecule has 0 saturated carbocycles. The van der Waals surface area contributed by atoms with Crippen LogP contribution in [0.15, 0.2) is 6.33 Å². The first kappa shape index (κ1) is 22.6. The van der Waals surface area contributed by atoms with E-state index in [-0.39, 0.29) is 59.1 Å². The van der Waals surface area contributed by atoms with Crippen molar-refractivity contribution in [3.05, 3.63) is 11.6 Å². The predicted octanol–water partition coefficient (Wildman–Crippen LogP) is 0.143. The van der Waals surface area contributed by atoms with Gasteiger partial charge in [0.2, 0.25) is 11.2 Å². The van der Waals surface area contributed by atoms with Crippen molar-refractivity contribution in [2.75, 3.05) is 52.9 Å². The summed E-state index contributed by atoms with van der Waals surface area (Å²) in [6.45, 7) is 0.00714. The smallest absolute Gasteiger partial charge is 0.244 e. The molecule has 1 N–H and O–H groups in total. The number of alkyl halides is 2. The second-order valence-corrected chi connectivity index (χ2v) is 10.5. The quantitative estimate of drug-likeness (QED) is 0.347. The Morgan fingerprint density at radius 2 is 1.56 bits per heavy atom. The van der Waals surface area contributed by atoms with Gasteiger partial charge in [0.1, 0.15) is 6.33 Å². The average Bonchev–Trinajstić information content (AvgIpc) is 2.50. The molecular formula is C11H18Cl3N5O4S2. The van der Waals surface area contributed by atoms with Crippen molar-refractivity contribution in [3.63, 3.8) is 0 Å². The summed E-state index contributed by atoms with van der Waals surface area (Å²) in [6, 6.07) is 0. The summed E-state index contributed by atoms with van der Waals surface area (Å²) in [6.07, 6.45) is 1.16. The fraction of sp³-hybridized carbons (Fsp3) is 0.727. The molecule has 0 amide bonds. The lowest BCUT2D eigenvalue weighted by atomic mass is 10.6. The van der Waals surface area contributed by atoms with Crippen molar-refractivity contribution in [2.24, 2.45) is 0 Å². The molecule has 0 bridgehead atoms. The molecule has 9 nitrogen and oxygen atoms in total. The molecule has 1 rings (SSSR count). The van der Waals surface area contributed by atoms with Gasteiger partial charge in [-0.2, -0.15) is 9.97 Å². The lowest BCUT2D eigenvalue weighted by molar-refractivity contribution is 0.578. The van der Waals surface area contributed by atoms with Gasteiger partial charge in [0.05, 0.1) is 29.6 Å². The molecule has 0 aromatic carbocycles. The van der Waals surface area contributed by atoms with E-state index in [1.165, 1.54) is 5.01 Å². The van der Waals surface area contributed by atoms with E-state index >= 15 is 0 Å². The zero-order chi connectivity index (χ0) is 18.9. The van der Waals surface area contributed by atoms with Gasteiger partial charge in [-0.25, -0.2) is 27.2 Å². The van der Waals surface area contributed by atoms with Crippen molar-refractivity contribution in [3.8, 4) is 0 Å². The second kappa shape index (κ2) is 10.6. The number of hydrazine groups is 1. The fourth-order valence-electron chi connectivity index (χ4n) is 1.65. The summed E-state index contributed by atoms with van der Waals surface area (Å²) in [5, 5.41) is 1.24. The van der Waals surface area contributed by atoms with Crippen molar-refractivity contribution in [2.45, 2.75) is 0 Å². The Labute approximate surface area is 161 Å². The molecule has 1 aromatic heterocycles. The van der Waals surface area contributed by atoms with Crippen LogP contribution in [0, 0.1) is 0 Å². The molecular weight excluding hydrogens is 437 g/mol. The molecule has 0 saturated heterocycles. The zero-order valence-electron chi connectivity index (χ0n) is 13.1. The highest BCUT2D eigenvalue weighted by atomic mass is 35.5. The standard InChI is InChI=1S/C11H18Cl3N5O4S2/c12-1-5-24(20,21)7-3-17-19(4-8-25(22,23)6-2-13)11-16-9-15-10(14)18-11/h9,17H,1-8H2. The normalized spacial score (nSPS) is 12.3. The number of halogens is 3. The van der Waals surface area contributed by atoms with Crippen LogP contribution in [0.5, 0.6) is 0 Å². The lowest BCUT2D eigenvalue weighted by Gasteiger charge is -2.23. The van der Waals surface area contributed by atoms with E-state index in [2.05, 4.69) is 20.4 Å². The second-order valence-electron chi connectivity index (χ2n) is 4.80. The van der Waals surface area contributed by atoms with Crippen molar-refractivity contribution in [1.29, 1.82) is 0 Å². The van der Waals surface area contributed by atoms with Gasteiger partial charge < -0.3 is 0 Å². The molecule has 0 spiro atoms. The van der Waals surface area contributed by atoms with Gasteiger partial charge >= 0.3 is 0 Å². The highest BCUT2D eigenvalue weighted by Crippen LogP contribution is 2.07. The third-order valence-electron chi connectivity index (χ3n) is 2.89. The Morgan fingerprint density at radius 1 is 0.960 bits per heavy atom. The largest absolute Gasteiger partial charge is 0.275 e. The topological polar surface area (TPSA) is 122 Å². The molecule has 1 aromatic rings. The number of hydrogen-bond acceptors (Lipinski definition) is 9. The van der Waals surface area contributed by atoms with Gasteiger partial charge in [0, 0.05) is 18.3 Å². The maximum Gasteiger partial charge on any atom is 0.244 e. The number of aromatic nitrogens is 3. The van der Waals surface area contributed by atoms with E-state index < -0.39 is 19.7 Å². The highest BCUT2D eigenvalue weighted by Gasteiger charge is 2.17. The molecule has 25 heavy (non-hydrogen) atoms. The summed E-state index contributed by atoms with van der Waals surface area (Å²) in [5.41, 5.74) is 2.79. The summed E-state index contributed by atoms with van der Waals surface area (Å²) in [4.78, 5) is 11.4. The van der Waals surface area contributed by atoms with Crippen LogP contribution in [0.25, 0.3) is 0 Å². The number of sulfone groups is 2. The minimum Gasteiger partial charge on any atom is -0.275 e. The van der Waals surface area contributed by atoms with E-state index in [0.717, 1.165) is 6.33 Å². The summed E-state index contributed by atoms with van der Waals surface area (Å²) in [7, 11) is -6.67. The SMILES string of the molecule is O=S(=O)(CCCl)CCNN(CCS(=O)(=O)CCCl)c1ncnc(Cl)n1. The number of nitrogens with zero attached hydrogens (tertiary/aromatic N) is 4. The van der Waals surface area contributed by atoms with Crippen LogP contribution in [-0.2, 0) is 19.7 Å². The number of anilines is 1. The molecule has 0 aliphatic carbocycles. The molecule has 0 aliphatic rings. The van der Waals surface area contributed by atoms with E-state index in [1.807, 2.05) is 0 Å². The first-order chi connectivity index (χ1) is 11.7. The van der Waals surface area contributed by atoms with E-state index in [0.29, 0.717) is 0 Å². The Balaban J connectivity index is 2.78. The fourth-order valence-corrected chi connectivity index (χ4v) is 4.93. The van der Waals surface area contributed by atoms with Crippen LogP contribution < -0.4 is 10.4 Å². The molecule has 0 atom stereocenters. The van der Waals surface area contributed by atoms with Crippen molar-refractivity contribution in [1.82, 2.24) is 20.4 Å². The number of rotatable bonds is 12. The minimum atomic E-state index is -3.36. The number of hydrogen-bond donors (Lipinski definition) is 1. The molecule has 144 valence electrons. The third kappa shape index (κ3) is 9.15. The van der Waals surface area contributed by atoms with Gasteiger partial charge in [-0.3, -0.25) is 5.01 Å². The predicted molar refractivity (Wildman–Crippen MR) is 98.9 cm³/mol. The Hall–Kier alpha value is -0.460. The maximum absolute atomic E-state index is 11.8. The lowest BCUT2D eigenvalue weighted by Crippen LogP contribution is -2.44. The Kier molecular flexibility index (Phi) is 9.60. The Morgan fingerprint density at radius 3 is 2.12 bits per heavy atom. The molecule has 0 fully saturated rings. The molecule has 0 aliphatic heterocycles. The van der Waals surface area contributed by atoms with Crippen LogP contribution in [0.4, 0.5) is 5.95 Å². The van der Waals surface area contributed by atoms with Crippen LogP contribution in [0.2, 0.25) is 5.28 Å². The summed E-state index contributed by atoms with van der Waals surface area (Å²) in [5.74, 6) is -0.623. The van der Waals surface area contributed by atoms with Gasteiger partial charge in [0.25, 0.3) is 0 Å². The van der Waals surface area contributed by atoms with E-state index in [1.54, 1.807) is 0 Å². The van der Waals surface area contributed by atoms with Crippen LogP contribution >= 0.6 is 34.8 Å². The molecule has 0 radical (unpaired) electrons. The minimum absolute atomic E-state index is 0.00575. The summed E-state index contributed by atoms with van der Waals surface area (Å²) >= 11 is 16.6. The van der Waals surface area contributed by atoms with E-state index in [9.17, 15) is 16.8 Å².